The highest BCUT2D eigenvalue weighted by atomic mass is 16.5. The molecule has 0 radical (unpaired) electrons. The highest BCUT2D eigenvalue weighted by molar-refractivity contribution is 5.98. The quantitative estimate of drug-likeness (QED) is 0.721. The van der Waals surface area contributed by atoms with Crippen LogP contribution in [0.4, 0.5) is 0 Å². The molecule has 0 amide bonds. The number of nitrogens with zero attached hydrogens (tertiary/aromatic N) is 1. The zero-order valence-corrected chi connectivity index (χ0v) is 9.62. The van der Waals surface area contributed by atoms with E-state index in [1.807, 2.05) is 12.1 Å². The molecule has 0 N–H and O–H groups in total. The molecule has 0 saturated carbocycles. The van der Waals surface area contributed by atoms with E-state index in [0.717, 1.165) is 30.2 Å². The van der Waals surface area contributed by atoms with Crippen molar-refractivity contribution in [2.45, 2.75) is 25.8 Å². The fourth-order valence-corrected chi connectivity index (χ4v) is 2.11. The van der Waals surface area contributed by atoms with Crippen LogP contribution in [0, 0.1) is 0 Å². The van der Waals surface area contributed by atoms with Crippen molar-refractivity contribution in [1.82, 2.24) is 0 Å². The van der Waals surface area contributed by atoms with Gasteiger partial charge >= 0.3 is 0 Å². The first-order valence-corrected chi connectivity index (χ1v) is 5.63. The van der Waals surface area contributed by atoms with Gasteiger partial charge in [-0.2, -0.15) is 0 Å². The fourth-order valence-electron chi connectivity index (χ4n) is 2.11. The molecule has 3 rings (SSSR count). The van der Waals surface area contributed by atoms with Gasteiger partial charge < -0.3 is 9.47 Å². The van der Waals surface area contributed by atoms with E-state index in [2.05, 4.69) is 24.9 Å². The van der Waals surface area contributed by atoms with E-state index in [9.17, 15) is 0 Å². The van der Waals surface area contributed by atoms with E-state index in [-0.39, 0.29) is 5.54 Å². The molecule has 1 aromatic rings. The number of hydrogen-bond donors (Lipinski definition) is 0. The molecule has 3 nitrogen and oxygen atoms in total. The fraction of sp³-hybridized carbons (Fsp3) is 0.462. The second-order valence-corrected chi connectivity index (χ2v) is 4.91. The molecular formula is C13H15NO2. The Bertz CT molecular complexity index is 463. The topological polar surface area (TPSA) is 30.8 Å². The van der Waals surface area contributed by atoms with Crippen molar-refractivity contribution in [1.29, 1.82) is 0 Å². The Balaban J connectivity index is 2.05. The Morgan fingerprint density at radius 3 is 2.88 bits per heavy atom. The molecule has 1 aromatic carbocycles. The lowest BCUT2D eigenvalue weighted by molar-refractivity contribution is 0.278. The minimum atomic E-state index is -0.114. The van der Waals surface area contributed by atoms with E-state index in [1.54, 1.807) is 0 Å². The van der Waals surface area contributed by atoms with Gasteiger partial charge in [0.15, 0.2) is 0 Å². The van der Waals surface area contributed by atoms with Crippen LogP contribution in [0.15, 0.2) is 23.2 Å². The Morgan fingerprint density at radius 2 is 2.12 bits per heavy atom. The first-order chi connectivity index (χ1) is 7.66. The predicted octanol–water partition coefficient (Wildman–Crippen LogP) is 2.18. The maximum Gasteiger partial charge on any atom is 0.220 e. The van der Waals surface area contributed by atoms with Crippen molar-refractivity contribution in [3.05, 3.63) is 29.3 Å². The molecule has 0 unspecified atom stereocenters. The SMILES string of the molecule is CC1(C)COC(c2cccc3c2OCC3)=N1. The van der Waals surface area contributed by atoms with Crippen LogP contribution >= 0.6 is 0 Å². The summed E-state index contributed by atoms with van der Waals surface area (Å²) < 4.78 is 11.3. The molecule has 0 saturated heterocycles. The maximum atomic E-state index is 5.65. The second kappa shape index (κ2) is 3.24. The number of aliphatic imine (C=N–C) groups is 1. The monoisotopic (exact) mass is 217 g/mol. The van der Waals surface area contributed by atoms with Crippen molar-refractivity contribution >= 4 is 5.90 Å². The average Bonchev–Trinajstić information content (AvgIpc) is 2.83. The maximum absolute atomic E-state index is 5.65. The van der Waals surface area contributed by atoms with Crippen LogP contribution in [0.1, 0.15) is 25.0 Å². The molecule has 0 aromatic heterocycles. The number of fused-ring (bicyclic) bond motifs is 1. The van der Waals surface area contributed by atoms with Gasteiger partial charge in [-0.3, -0.25) is 0 Å². The molecule has 2 aliphatic heterocycles. The first kappa shape index (κ1) is 9.70. The van der Waals surface area contributed by atoms with E-state index in [4.69, 9.17) is 9.47 Å². The second-order valence-electron chi connectivity index (χ2n) is 4.91. The number of ether oxygens (including phenoxy) is 2. The third kappa shape index (κ3) is 1.47. The Labute approximate surface area is 95.1 Å². The number of hydrogen-bond acceptors (Lipinski definition) is 3. The average molecular weight is 217 g/mol. The van der Waals surface area contributed by atoms with E-state index >= 15 is 0 Å². The van der Waals surface area contributed by atoms with Crippen LogP contribution in [-0.2, 0) is 11.2 Å². The lowest BCUT2D eigenvalue weighted by atomic mass is 10.1. The molecule has 2 aliphatic rings. The van der Waals surface area contributed by atoms with Crippen molar-refractivity contribution in [2.24, 2.45) is 4.99 Å². The Kier molecular flexibility index (Phi) is 1.96. The van der Waals surface area contributed by atoms with Crippen LogP contribution in [0.25, 0.3) is 0 Å². The third-order valence-electron chi connectivity index (χ3n) is 2.91. The van der Waals surface area contributed by atoms with Gasteiger partial charge in [0.25, 0.3) is 0 Å². The van der Waals surface area contributed by atoms with Crippen LogP contribution in [0.5, 0.6) is 5.75 Å². The van der Waals surface area contributed by atoms with Crippen molar-refractivity contribution in [3.63, 3.8) is 0 Å². The lowest BCUT2D eigenvalue weighted by Gasteiger charge is -2.07. The van der Waals surface area contributed by atoms with Gasteiger partial charge in [-0.15, -0.1) is 0 Å². The number of para-hydroxylation sites is 1. The van der Waals surface area contributed by atoms with E-state index < -0.39 is 0 Å². The van der Waals surface area contributed by atoms with Gasteiger partial charge in [-0.25, -0.2) is 4.99 Å². The van der Waals surface area contributed by atoms with E-state index in [0.29, 0.717) is 6.61 Å². The summed E-state index contributed by atoms with van der Waals surface area (Å²) in [5, 5.41) is 0. The smallest absolute Gasteiger partial charge is 0.220 e. The van der Waals surface area contributed by atoms with Crippen LogP contribution in [-0.4, -0.2) is 24.7 Å². The van der Waals surface area contributed by atoms with Crippen molar-refractivity contribution < 1.29 is 9.47 Å². The summed E-state index contributed by atoms with van der Waals surface area (Å²) in [7, 11) is 0. The molecule has 84 valence electrons. The van der Waals surface area contributed by atoms with Gasteiger partial charge in [0.2, 0.25) is 5.90 Å². The molecule has 0 aliphatic carbocycles. The highest BCUT2D eigenvalue weighted by Crippen LogP contribution is 2.32. The molecule has 0 bridgehead atoms. The summed E-state index contributed by atoms with van der Waals surface area (Å²) in [6.07, 6.45) is 0.986. The zero-order chi connectivity index (χ0) is 11.2. The third-order valence-corrected chi connectivity index (χ3v) is 2.91. The molecular weight excluding hydrogens is 202 g/mol. The zero-order valence-electron chi connectivity index (χ0n) is 9.62. The van der Waals surface area contributed by atoms with E-state index in [1.165, 1.54) is 5.56 Å². The van der Waals surface area contributed by atoms with Crippen LogP contribution in [0.3, 0.4) is 0 Å². The van der Waals surface area contributed by atoms with Gasteiger partial charge in [0, 0.05) is 6.42 Å². The Morgan fingerprint density at radius 1 is 1.25 bits per heavy atom. The normalized spacial score (nSPS) is 21.0. The number of rotatable bonds is 1. The highest BCUT2D eigenvalue weighted by Gasteiger charge is 2.30. The van der Waals surface area contributed by atoms with Crippen LogP contribution < -0.4 is 4.74 Å². The summed E-state index contributed by atoms with van der Waals surface area (Å²) in [6, 6.07) is 6.16. The number of benzene rings is 1. The molecule has 3 heteroatoms. The summed E-state index contributed by atoms with van der Waals surface area (Å²) in [4.78, 5) is 4.58. The summed E-state index contributed by atoms with van der Waals surface area (Å²) >= 11 is 0. The Hall–Kier alpha value is -1.51. The van der Waals surface area contributed by atoms with Crippen molar-refractivity contribution in [3.8, 4) is 5.75 Å². The molecule has 16 heavy (non-hydrogen) atoms. The predicted molar refractivity (Wildman–Crippen MR) is 62.2 cm³/mol. The molecule has 0 spiro atoms. The molecule has 0 atom stereocenters. The van der Waals surface area contributed by atoms with Crippen molar-refractivity contribution in [2.75, 3.05) is 13.2 Å². The summed E-state index contributed by atoms with van der Waals surface area (Å²) in [5.41, 5.74) is 2.14. The summed E-state index contributed by atoms with van der Waals surface area (Å²) in [6.45, 7) is 5.56. The first-order valence-electron chi connectivity index (χ1n) is 5.63. The van der Waals surface area contributed by atoms with Gasteiger partial charge in [0.1, 0.15) is 12.4 Å². The largest absolute Gasteiger partial charge is 0.492 e. The molecule has 2 heterocycles. The minimum absolute atomic E-state index is 0.114. The summed E-state index contributed by atoms with van der Waals surface area (Å²) in [5.74, 6) is 1.68. The van der Waals surface area contributed by atoms with Gasteiger partial charge in [-0.05, 0) is 25.5 Å². The van der Waals surface area contributed by atoms with Crippen LogP contribution in [0.2, 0.25) is 0 Å². The minimum Gasteiger partial charge on any atom is -0.492 e. The lowest BCUT2D eigenvalue weighted by Crippen LogP contribution is -2.17. The van der Waals surface area contributed by atoms with Gasteiger partial charge in [0.05, 0.1) is 17.7 Å². The van der Waals surface area contributed by atoms with Gasteiger partial charge in [-0.1, -0.05) is 12.1 Å². The molecule has 0 fully saturated rings. The standard InChI is InChI=1S/C13H15NO2/c1-13(2)8-16-12(14-13)10-5-3-4-9-6-7-15-11(9)10/h3-5H,6-8H2,1-2H3.